The first-order valence-electron chi connectivity index (χ1n) is 6.93. The summed E-state index contributed by atoms with van der Waals surface area (Å²) in [7, 11) is 4.06. The van der Waals surface area contributed by atoms with Crippen molar-refractivity contribution in [2.45, 2.75) is 19.0 Å². The number of furan rings is 1. The van der Waals surface area contributed by atoms with Crippen LogP contribution in [-0.4, -0.2) is 25.5 Å². The molecule has 0 saturated heterocycles. The predicted molar refractivity (Wildman–Crippen MR) is 90.6 cm³/mol. The first kappa shape index (κ1) is 16.6. The minimum Gasteiger partial charge on any atom is -0.468 e. The second-order valence-corrected chi connectivity index (χ2v) is 6.44. The van der Waals surface area contributed by atoms with Crippen LogP contribution in [0.5, 0.6) is 0 Å². The minimum atomic E-state index is 0.240. The second-order valence-electron chi connectivity index (χ2n) is 5.11. The van der Waals surface area contributed by atoms with Crippen LogP contribution >= 0.6 is 27.5 Å². The maximum absolute atomic E-state index is 6.33. The van der Waals surface area contributed by atoms with Crippen LogP contribution in [0.3, 0.4) is 0 Å². The van der Waals surface area contributed by atoms with Gasteiger partial charge in [-0.3, -0.25) is 4.90 Å². The van der Waals surface area contributed by atoms with E-state index >= 15 is 0 Å². The zero-order valence-corrected chi connectivity index (χ0v) is 14.6. The Morgan fingerprint density at radius 1 is 1.38 bits per heavy atom. The van der Waals surface area contributed by atoms with Crippen molar-refractivity contribution in [1.82, 2.24) is 10.2 Å². The van der Waals surface area contributed by atoms with Gasteiger partial charge in [0, 0.05) is 22.1 Å². The molecule has 0 aliphatic heterocycles. The minimum absolute atomic E-state index is 0.240. The average Bonchev–Trinajstić information content (AvgIpc) is 2.94. The zero-order chi connectivity index (χ0) is 15.2. The number of hydrogen-bond donors (Lipinski definition) is 1. The largest absolute Gasteiger partial charge is 0.468 e. The van der Waals surface area contributed by atoms with Crippen LogP contribution < -0.4 is 5.32 Å². The standard InChI is InChI=1S/C16H20BrClN2O/c1-19-16(14-6-5-12(17)10-15(14)18)7-8-20(2)11-13-4-3-9-21-13/h3-6,9-10,16,19H,7-8,11H2,1-2H3. The highest BCUT2D eigenvalue weighted by atomic mass is 79.9. The summed E-state index contributed by atoms with van der Waals surface area (Å²) in [6.07, 6.45) is 2.69. The summed E-state index contributed by atoms with van der Waals surface area (Å²) >= 11 is 9.77. The smallest absolute Gasteiger partial charge is 0.117 e. The van der Waals surface area contributed by atoms with E-state index in [1.807, 2.05) is 31.3 Å². The Bertz CT molecular complexity index is 559. The van der Waals surface area contributed by atoms with Crippen LogP contribution in [0.25, 0.3) is 0 Å². The average molecular weight is 372 g/mol. The number of halogens is 2. The number of hydrogen-bond acceptors (Lipinski definition) is 3. The summed E-state index contributed by atoms with van der Waals surface area (Å²) in [6.45, 7) is 1.77. The molecular formula is C16H20BrClN2O. The number of nitrogens with one attached hydrogen (secondary N) is 1. The van der Waals surface area contributed by atoms with Crippen LogP contribution in [0.1, 0.15) is 23.8 Å². The Labute approximate surface area is 139 Å². The third-order valence-electron chi connectivity index (χ3n) is 3.49. The number of benzene rings is 1. The molecule has 0 amide bonds. The lowest BCUT2D eigenvalue weighted by Crippen LogP contribution is -2.25. The molecule has 0 aliphatic rings. The van der Waals surface area contributed by atoms with Crippen molar-refractivity contribution < 1.29 is 4.42 Å². The molecule has 2 aromatic rings. The Kier molecular flexibility index (Phi) is 6.30. The highest BCUT2D eigenvalue weighted by molar-refractivity contribution is 9.10. The Balaban J connectivity index is 1.93. The van der Waals surface area contributed by atoms with Crippen LogP contribution in [0, 0.1) is 0 Å². The summed E-state index contributed by atoms with van der Waals surface area (Å²) in [5.41, 5.74) is 1.13. The molecule has 0 fully saturated rings. The van der Waals surface area contributed by atoms with Crippen LogP contribution in [0.4, 0.5) is 0 Å². The van der Waals surface area contributed by atoms with Crippen LogP contribution in [-0.2, 0) is 6.54 Å². The zero-order valence-electron chi connectivity index (χ0n) is 12.3. The predicted octanol–water partition coefficient (Wildman–Crippen LogP) is 4.48. The van der Waals surface area contributed by atoms with Crippen molar-refractivity contribution in [3.05, 3.63) is 57.4 Å². The molecule has 1 unspecified atom stereocenters. The Morgan fingerprint density at radius 3 is 2.81 bits per heavy atom. The van der Waals surface area contributed by atoms with Gasteiger partial charge in [0.15, 0.2) is 0 Å². The molecule has 21 heavy (non-hydrogen) atoms. The third-order valence-corrected chi connectivity index (χ3v) is 4.31. The third kappa shape index (κ3) is 4.85. The maximum Gasteiger partial charge on any atom is 0.117 e. The highest BCUT2D eigenvalue weighted by Gasteiger charge is 2.14. The summed E-state index contributed by atoms with van der Waals surface area (Å²) in [4.78, 5) is 2.25. The molecule has 1 N–H and O–H groups in total. The summed E-state index contributed by atoms with van der Waals surface area (Å²) < 4.78 is 6.37. The van der Waals surface area contributed by atoms with Crippen molar-refractivity contribution in [2.24, 2.45) is 0 Å². The highest BCUT2D eigenvalue weighted by Crippen LogP contribution is 2.28. The first-order valence-corrected chi connectivity index (χ1v) is 8.10. The molecule has 2 rings (SSSR count). The molecule has 114 valence electrons. The van der Waals surface area contributed by atoms with Gasteiger partial charge in [-0.25, -0.2) is 0 Å². The van der Waals surface area contributed by atoms with Gasteiger partial charge in [0.2, 0.25) is 0 Å². The van der Waals surface area contributed by atoms with Gasteiger partial charge < -0.3 is 9.73 Å². The van der Waals surface area contributed by atoms with E-state index in [-0.39, 0.29) is 6.04 Å². The van der Waals surface area contributed by atoms with E-state index in [4.69, 9.17) is 16.0 Å². The maximum atomic E-state index is 6.33. The van der Waals surface area contributed by atoms with E-state index in [1.54, 1.807) is 6.26 Å². The lowest BCUT2D eigenvalue weighted by molar-refractivity contribution is 0.278. The van der Waals surface area contributed by atoms with Crippen molar-refractivity contribution >= 4 is 27.5 Å². The second kappa shape index (κ2) is 7.99. The molecule has 5 heteroatoms. The van der Waals surface area contributed by atoms with E-state index in [9.17, 15) is 0 Å². The number of rotatable bonds is 7. The molecule has 1 heterocycles. The van der Waals surface area contributed by atoms with Crippen molar-refractivity contribution in [3.63, 3.8) is 0 Å². The van der Waals surface area contributed by atoms with Crippen molar-refractivity contribution in [2.75, 3.05) is 20.6 Å². The van der Waals surface area contributed by atoms with Crippen molar-refractivity contribution in [1.29, 1.82) is 0 Å². The summed E-state index contributed by atoms with van der Waals surface area (Å²) in [6, 6.07) is 10.2. The monoisotopic (exact) mass is 370 g/mol. The number of nitrogens with zero attached hydrogens (tertiary/aromatic N) is 1. The quantitative estimate of drug-likeness (QED) is 0.778. The fourth-order valence-electron chi connectivity index (χ4n) is 2.34. The van der Waals surface area contributed by atoms with Gasteiger partial charge in [-0.15, -0.1) is 0 Å². The molecule has 0 aliphatic carbocycles. The van der Waals surface area contributed by atoms with Gasteiger partial charge in [-0.05, 0) is 50.3 Å². The topological polar surface area (TPSA) is 28.4 Å². The van der Waals surface area contributed by atoms with Gasteiger partial charge >= 0.3 is 0 Å². The van der Waals surface area contributed by atoms with Crippen LogP contribution in [0.2, 0.25) is 5.02 Å². The molecular weight excluding hydrogens is 352 g/mol. The summed E-state index contributed by atoms with van der Waals surface area (Å²) in [5, 5.41) is 4.13. The molecule has 0 radical (unpaired) electrons. The van der Waals surface area contributed by atoms with Gasteiger partial charge in [0.05, 0.1) is 12.8 Å². The van der Waals surface area contributed by atoms with Gasteiger partial charge in [0.25, 0.3) is 0 Å². The molecule has 1 aromatic heterocycles. The molecule has 1 atom stereocenters. The molecule has 3 nitrogen and oxygen atoms in total. The molecule has 1 aromatic carbocycles. The lowest BCUT2D eigenvalue weighted by atomic mass is 10.0. The van der Waals surface area contributed by atoms with E-state index in [0.717, 1.165) is 40.3 Å². The fraction of sp³-hybridized carbons (Fsp3) is 0.375. The Morgan fingerprint density at radius 2 is 2.19 bits per heavy atom. The van der Waals surface area contributed by atoms with Crippen molar-refractivity contribution in [3.8, 4) is 0 Å². The van der Waals surface area contributed by atoms with Gasteiger partial charge in [-0.2, -0.15) is 0 Å². The SMILES string of the molecule is CNC(CCN(C)Cc1ccco1)c1ccc(Br)cc1Cl. The van der Waals surface area contributed by atoms with Gasteiger partial charge in [0.1, 0.15) is 5.76 Å². The van der Waals surface area contributed by atoms with Crippen LogP contribution in [0.15, 0.2) is 45.5 Å². The molecule has 0 spiro atoms. The fourth-order valence-corrected chi connectivity index (χ4v) is 3.14. The lowest BCUT2D eigenvalue weighted by Gasteiger charge is -2.22. The Hall–Kier alpha value is -0.810. The van der Waals surface area contributed by atoms with E-state index in [0.29, 0.717) is 0 Å². The summed E-state index contributed by atoms with van der Waals surface area (Å²) in [5.74, 6) is 0.986. The normalized spacial score (nSPS) is 12.8. The van der Waals surface area contributed by atoms with E-state index in [1.165, 1.54) is 0 Å². The van der Waals surface area contributed by atoms with E-state index in [2.05, 4.69) is 39.3 Å². The molecule has 0 saturated carbocycles. The molecule has 0 bridgehead atoms. The van der Waals surface area contributed by atoms with E-state index < -0.39 is 0 Å². The first-order chi connectivity index (χ1) is 10.1. The van der Waals surface area contributed by atoms with Gasteiger partial charge in [-0.1, -0.05) is 33.6 Å².